The summed E-state index contributed by atoms with van der Waals surface area (Å²) in [5.41, 5.74) is 6.24. The van der Waals surface area contributed by atoms with Crippen LogP contribution in [0.4, 0.5) is 0 Å². The quantitative estimate of drug-likeness (QED) is 0.476. The van der Waals surface area contributed by atoms with E-state index in [1.807, 2.05) is 6.07 Å². The number of H-pyrrole nitrogens is 1. The summed E-state index contributed by atoms with van der Waals surface area (Å²) in [7, 11) is 0. The number of hydrogen-bond acceptors (Lipinski definition) is 0. The van der Waals surface area contributed by atoms with Crippen LogP contribution in [0.2, 0.25) is 0 Å². The number of benzene rings is 3. The second kappa shape index (κ2) is 4.24. The van der Waals surface area contributed by atoms with Gasteiger partial charge in [0.1, 0.15) is 0 Å². The maximum atomic E-state index is 3.53. The molecule has 4 aromatic rings. The monoisotopic (exact) mass is 257 g/mol. The van der Waals surface area contributed by atoms with E-state index >= 15 is 0 Å². The standard InChI is InChI=1S/C19H15N/c1-13-6-5-9-17-19(13)16-11-10-15(12-18(16)20-17)14-7-3-2-4-8-14/h2-12,20H,1H3. The Labute approximate surface area is 117 Å². The largest absolute Gasteiger partial charge is 0.354 e. The Kier molecular flexibility index (Phi) is 2.40. The predicted octanol–water partition coefficient (Wildman–Crippen LogP) is 5.30. The van der Waals surface area contributed by atoms with Gasteiger partial charge in [0.2, 0.25) is 0 Å². The Balaban J connectivity index is 2.01. The van der Waals surface area contributed by atoms with Crippen LogP contribution in [0.3, 0.4) is 0 Å². The summed E-state index contributed by atoms with van der Waals surface area (Å²) in [5, 5.41) is 2.64. The summed E-state index contributed by atoms with van der Waals surface area (Å²) < 4.78 is 0. The van der Waals surface area contributed by atoms with Gasteiger partial charge in [0.25, 0.3) is 0 Å². The minimum absolute atomic E-state index is 1.20. The van der Waals surface area contributed by atoms with Gasteiger partial charge in [0.15, 0.2) is 0 Å². The van der Waals surface area contributed by atoms with Gasteiger partial charge in [-0.1, -0.05) is 54.6 Å². The molecule has 1 nitrogen and oxygen atoms in total. The number of fused-ring (bicyclic) bond motifs is 3. The first kappa shape index (κ1) is 11.3. The fraction of sp³-hybridized carbons (Fsp3) is 0.0526. The molecular weight excluding hydrogens is 242 g/mol. The highest BCUT2D eigenvalue weighted by Gasteiger charge is 2.07. The Morgan fingerprint density at radius 3 is 2.40 bits per heavy atom. The Morgan fingerprint density at radius 2 is 1.55 bits per heavy atom. The van der Waals surface area contributed by atoms with Crippen LogP contribution in [0.15, 0.2) is 66.7 Å². The molecule has 0 amide bonds. The van der Waals surface area contributed by atoms with E-state index in [2.05, 4.69) is 72.6 Å². The van der Waals surface area contributed by atoms with Crippen LogP contribution in [0.25, 0.3) is 32.9 Å². The van der Waals surface area contributed by atoms with Gasteiger partial charge in [0, 0.05) is 21.8 Å². The fourth-order valence-corrected chi connectivity index (χ4v) is 2.95. The molecular formula is C19H15N. The summed E-state index contributed by atoms with van der Waals surface area (Å²) in [6.07, 6.45) is 0. The smallest absolute Gasteiger partial charge is 0.0471 e. The van der Waals surface area contributed by atoms with E-state index < -0.39 is 0 Å². The van der Waals surface area contributed by atoms with Gasteiger partial charge < -0.3 is 4.98 Å². The second-order valence-corrected chi connectivity index (χ2v) is 5.25. The Morgan fingerprint density at radius 1 is 0.700 bits per heavy atom. The van der Waals surface area contributed by atoms with Crippen molar-refractivity contribution >= 4 is 21.8 Å². The molecule has 0 saturated heterocycles. The first-order chi connectivity index (χ1) is 9.83. The fourth-order valence-electron chi connectivity index (χ4n) is 2.95. The van der Waals surface area contributed by atoms with Gasteiger partial charge in [-0.3, -0.25) is 0 Å². The molecule has 1 heterocycles. The Bertz CT molecular complexity index is 901. The van der Waals surface area contributed by atoms with Crippen LogP contribution in [0.5, 0.6) is 0 Å². The van der Waals surface area contributed by atoms with E-state index in [1.54, 1.807) is 0 Å². The highest BCUT2D eigenvalue weighted by molar-refractivity contribution is 6.09. The van der Waals surface area contributed by atoms with Crippen molar-refractivity contribution in [2.24, 2.45) is 0 Å². The van der Waals surface area contributed by atoms with Crippen molar-refractivity contribution in [1.82, 2.24) is 4.98 Å². The van der Waals surface area contributed by atoms with E-state index in [4.69, 9.17) is 0 Å². The van der Waals surface area contributed by atoms with Gasteiger partial charge in [-0.25, -0.2) is 0 Å². The predicted molar refractivity (Wildman–Crippen MR) is 86.0 cm³/mol. The molecule has 0 radical (unpaired) electrons. The van der Waals surface area contributed by atoms with Crippen LogP contribution in [-0.2, 0) is 0 Å². The summed E-state index contributed by atoms with van der Waals surface area (Å²) >= 11 is 0. The number of rotatable bonds is 1. The lowest BCUT2D eigenvalue weighted by Gasteiger charge is -2.02. The third-order valence-electron chi connectivity index (χ3n) is 3.94. The van der Waals surface area contributed by atoms with Crippen molar-refractivity contribution < 1.29 is 0 Å². The lowest BCUT2D eigenvalue weighted by atomic mass is 10.0. The van der Waals surface area contributed by atoms with Crippen LogP contribution < -0.4 is 0 Å². The van der Waals surface area contributed by atoms with Crippen molar-refractivity contribution in [1.29, 1.82) is 0 Å². The highest BCUT2D eigenvalue weighted by Crippen LogP contribution is 2.31. The highest BCUT2D eigenvalue weighted by atomic mass is 14.7. The molecule has 4 rings (SSSR count). The van der Waals surface area contributed by atoms with Crippen molar-refractivity contribution in [2.75, 3.05) is 0 Å². The molecule has 1 aromatic heterocycles. The lowest BCUT2D eigenvalue weighted by molar-refractivity contribution is 1.51. The average Bonchev–Trinajstić information content (AvgIpc) is 2.87. The lowest BCUT2D eigenvalue weighted by Crippen LogP contribution is -1.77. The third kappa shape index (κ3) is 1.64. The molecule has 0 aliphatic carbocycles. The molecule has 0 saturated carbocycles. The summed E-state index contributed by atoms with van der Waals surface area (Å²) in [4.78, 5) is 3.53. The number of aromatic amines is 1. The van der Waals surface area contributed by atoms with E-state index in [0.29, 0.717) is 0 Å². The molecule has 0 aliphatic heterocycles. The summed E-state index contributed by atoms with van der Waals surface area (Å²) in [6.45, 7) is 2.17. The van der Waals surface area contributed by atoms with Crippen LogP contribution in [-0.4, -0.2) is 4.98 Å². The zero-order valence-corrected chi connectivity index (χ0v) is 11.4. The molecule has 0 aliphatic rings. The maximum Gasteiger partial charge on any atom is 0.0471 e. The van der Waals surface area contributed by atoms with E-state index in [-0.39, 0.29) is 0 Å². The van der Waals surface area contributed by atoms with Gasteiger partial charge in [-0.2, -0.15) is 0 Å². The van der Waals surface area contributed by atoms with Crippen LogP contribution in [0.1, 0.15) is 5.56 Å². The minimum atomic E-state index is 1.20. The van der Waals surface area contributed by atoms with Gasteiger partial charge >= 0.3 is 0 Å². The molecule has 96 valence electrons. The van der Waals surface area contributed by atoms with E-state index in [1.165, 1.54) is 38.5 Å². The van der Waals surface area contributed by atoms with E-state index in [0.717, 1.165) is 0 Å². The molecule has 20 heavy (non-hydrogen) atoms. The zero-order chi connectivity index (χ0) is 13.5. The molecule has 0 spiro atoms. The van der Waals surface area contributed by atoms with Gasteiger partial charge in [0.05, 0.1) is 0 Å². The third-order valence-corrected chi connectivity index (χ3v) is 3.94. The first-order valence-electron chi connectivity index (χ1n) is 6.89. The zero-order valence-electron chi connectivity index (χ0n) is 11.4. The maximum absolute atomic E-state index is 3.53. The molecule has 1 heteroatoms. The molecule has 0 unspecified atom stereocenters. The number of hydrogen-bond donors (Lipinski definition) is 1. The minimum Gasteiger partial charge on any atom is -0.354 e. The molecule has 0 fully saturated rings. The molecule has 0 bridgehead atoms. The summed E-state index contributed by atoms with van der Waals surface area (Å²) in [5.74, 6) is 0. The number of aryl methyl sites for hydroxylation is 1. The van der Waals surface area contributed by atoms with Crippen LogP contribution >= 0.6 is 0 Å². The van der Waals surface area contributed by atoms with Gasteiger partial charge in [-0.15, -0.1) is 0 Å². The van der Waals surface area contributed by atoms with Crippen LogP contribution in [0, 0.1) is 6.92 Å². The average molecular weight is 257 g/mol. The second-order valence-electron chi connectivity index (χ2n) is 5.25. The van der Waals surface area contributed by atoms with Crippen molar-refractivity contribution in [3.63, 3.8) is 0 Å². The van der Waals surface area contributed by atoms with Crippen molar-refractivity contribution in [2.45, 2.75) is 6.92 Å². The van der Waals surface area contributed by atoms with Crippen molar-refractivity contribution in [3.8, 4) is 11.1 Å². The SMILES string of the molecule is Cc1cccc2[nH]c3cc(-c4ccccc4)ccc3c12. The summed E-state index contributed by atoms with van der Waals surface area (Å²) in [6, 6.07) is 23.6. The van der Waals surface area contributed by atoms with E-state index in [9.17, 15) is 0 Å². The molecule has 3 aromatic carbocycles. The molecule has 1 N–H and O–H groups in total. The normalized spacial score (nSPS) is 11.2. The first-order valence-corrected chi connectivity index (χ1v) is 6.89. The topological polar surface area (TPSA) is 15.8 Å². The number of aromatic nitrogens is 1. The van der Waals surface area contributed by atoms with Crippen molar-refractivity contribution in [3.05, 3.63) is 72.3 Å². The molecule has 0 atom stereocenters. The Hall–Kier alpha value is -2.54. The van der Waals surface area contributed by atoms with Gasteiger partial charge in [-0.05, 0) is 35.7 Å². The number of nitrogens with one attached hydrogen (secondary N) is 1.